The number of tetrazole rings is 1. The highest BCUT2D eigenvalue weighted by Gasteiger charge is 2.13. The van der Waals surface area contributed by atoms with Crippen molar-refractivity contribution in [1.82, 2.24) is 25.2 Å². The number of aliphatic hydroxyl groups is 1. The van der Waals surface area contributed by atoms with E-state index in [1.807, 2.05) is 0 Å². The molecule has 0 atom stereocenters. The maximum atomic E-state index is 10.7. The number of hydrogen-bond donors (Lipinski definition) is 1. The van der Waals surface area contributed by atoms with Crippen molar-refractivity contribution in [3.8, 4) is 0 Å². The van der Waals surface area contributed by atoms with Crippen molar-refractivity contribution >= 4 is 5.69 Å². The quantitative estimate of drug-likeness (QED) is 0.763. The van der Waals surface area contributed by atoms with Gasteiger partial charge in [0.25, 0.3) is 0 Å². The molecule has 17 heavy (non-hydrogen) atoms. The van der Waals surface area contributed by atoms with E-state index >= 15 is 0 Å². The molecule has 0 saturated carbocycles. The predicted octanol–water partition coefficient (Wildman–Crippen LogP) is 0.315. The largest absolute Gasteiger partial charge is 0.392 e. The first kappa shape index (κ1) is 11.3. The van der Waals surface area contributed by atoms with Crippen molar-refractivity contribution < 1.29 is 5.11 Å². The van der Waals surface area contributed by atoms with Crippen molar-refractivity contribution in [3.05, 3.63) is 34.3 Å². The molecule has 0 amide bonds. The molecule has 0 spiro atoms. The zero-order chi connectivity index (χ0) is 12.3. The van der Waals surface area contributed by atoms with Crippen LogP contribution in [0.4, 0.5) is 5.69 Å². The van der Waals surface area contributed by atoms with Crippen LogP contribution in [0.3, 0.4) is 0 Å². The molecule has 8 nitrogen and oxygen atoms in total. The zero-order valence-electron chi connectivity index (χ0n) is 9.11. The molecule has 0 bridgehead atoms. The minimum Gasteiger partial charge on any atom is -0.392 e. The lowest BCUT2D eigenvalue weighted by molar-refractivity contribution is 0.280. The van der Waals surface area contributed by atoms with Gasteiger partial charge in [0, 0.05) is 11.8 Å². The lowest BCUT2D eigenvalue weighted by Gasteiger charge is -2.09. The van der Waals surface area contributed by atoms with Crippen molar-refractivity contribution in [2.24, 2.45) is 5.18 Å². The van der Waals surface area contributed by atoms with Crippen molar-refractivity contribution in [2.75, 3.05) is 0 Å². The second kappa shape index (κ2) is 4.74. The fraction of sp³-hybridized carbons (Fsp3) is 0.333. The van der Waals surface area contributed by atoms with E-state index in [0.717, 1.165) is 0 Å². The van der Waals surface area contributed by atoms with Crippen molar-refractivity contribution in [3.63, 3.8) is 0 Å². The molecule has 0 aliphatic carbocycles. The number of aryl methyl sites for hydroxylation is 1. The molecule has 0 aromatic carbocycles. The average molecular weight is 234 g/mol. The van der Waals surface area contributed by atoms with Crippen molar-refractivity contribution in [1.29, 1.82) is 0 Å². The van der Waals surface area contributed by atoms with Crippen LogP contribution in [0, 0.1) is 11.8 Å². The highest BCUT2D eigenvalue weighted by Crippen LogP contribution is 2.25. The summed E-state index contributed by atoms with van der Waals surface area (Å²) in [4.78, 5) is 14.8. The second-order valence-corrected chi connectivity index (χ2v) is 3.45. The Balaban J connectivity index is 2.43. The predicted molar refractivity (Wildman–Crippen MR) is 57.3 cm³/mol. The number of aliphatic hydroxyl groups excluding tert-OH is 1. The van der Waals surface area contributed by atoms with E-state index in [-0.39, 0.29) is 12.3 Å². The summed E-state index contributed by atoms with van der Waals surface area (Å²) in [5, 5.41) is 22.9. The Labute approximate surface area is 96.3 Å². The monoisotopic (exact) mass is 234 g/mol. The summed E-state index contributed by atoms with van der Waals surface area (Å²) in [6, 6.07) is 0. The Morgan fingerprint density at radius 2 is 2.35 bits per heavy atom. The van der Waals surface area contributed by atoms with Gasteiger partial charge in [-0.3, -0.25) is 4.98 Å². The minimum atomic E-state index is -0.276. The molecule has 0 unspecified atom stereocenters. The van der Waals surface area contributed by atoms with E-state index in [1.54, 1.807) is 13.1 Å². The van der Waals surface area contributed by atoms with Gasteiger partial charge in [0.15, 0.2) is 0 Å². The normalized spacial score (nSPS) is 10.5. The van der Waals surface area contributed by atoms with E-state index in [0.29, 0.717) is 23.4 Å². The van der Waals surface area contributed by atoms with Gasteiger partial charge in [0.05, 0.1) is 18.8 Å². The Morgan fingerprint density at radius 3 is 2.94 bits per heavy atom. The Bertz CT molecular complexity index is 525. The molecule has 2 aromatic rings. The molecular formula is C9H10N6O2. The molecular weight excluding hydrogens is 224 g/mol. The van der Waals surface area contributed by atoms with Gasteiger partial charge in [-0.1, -0.05) is 0 Å². The summed E-state index contributed by atoms with van der Waals surface area (Å²) in [5.74, 6) is 0. The highest BCUT2D eigenvalue weighted by molar-refractivity contribution is 5.52. The smallest absolute Gasteiger partial charge is 0.138 e. The molecule has 0 aliphatic rings. The van der Waals surface area contributed by atoms with Gasteiger partial charge >= 0.3 is 0 Å². The average Bonchev–Trinajstić information content (AvgIpc) is 2.83. The number of nitroso groups, excluding NO2 is 1. The van der Waals surface area contributed by atoms with Crippen LogP contribution in [0.15, 0.2) is 17.7 Å². The Morgan fingerprint density at radius 1 is 1.53 bits per heavy atom. The van der Waals surface area contributed by atoms with Crippen LogP contribution in [-0.2, 0) is 13.2 Å². The molecule has 88 valence electrons. The van der Waals surface area contributed by atoms with Crippen LogP contribution in [0.5, 0.6) is 0 Å². The van der Waals surface area contributed by atoms with Gasteiger partial charge in [-0.25, -0.2) is 4.68 Å². The summed E-state index contributed by atoms with van der Waals surface area (Å²) < 4.78 is 1.47. The highest BCUT2D eigenvalue weighted by atomic mass is 16.3. The van der Waals surface area contributed by atoms with Crippen molar-refractivity contribution in [2.45, 2.75) is 20.1 Å². The number of hydrogen-bond acceptors (Lipinski definition) is 7. The first-order chi connectivity index (χ1) is 8.26. The van der Waals surface area contributed by atoms with Crippen LogP contribution >= 0.6 is 0 Å². The van der Waals surface area contributed by atoms with Crippen LogP contribution in [0.2, 0.25) is 0 Å². The van der Waals surface area contributed by atoms with Crippen LogP contribution in [-0.4, -0.2) is 30.3 Å². The number of aromatic nitrogens is 5. The lowest BCUT2D eigenvalue weighted by Crippen LogP contribution is -2.06. The van der Waals surface area contributed by atoms with Gasteiger partial charge in [-0.15, -0.1) is 10.0 Å². The van der Waals surface area contributed by atoms with Gasteiger partial charge in [0.1, 0.15) is 12.0 Å². The SMILES string of the molecule is Cc1ncc(Cn2cnnn2)c(CO)c1N=O. The van der Waals surface area contributed by atoms with Gasteiger partial charge in [-0.05, 0) is 28.1 Å². The Kier molecular flexibility index (Phi) is 3.15. The number of pyridine rings is 1. The van der Waals surface area contributed by atoms with Gasteiger partial charge in [-0.2, -0.15) is 0 Å². The van der Waals surface area contributed by atoms with E-state index < -0.39 is 0 Å². The topological polar surface area (TPSA) is 106 Å². The zero-order valence-corrected chi connectivity index (χ0v) is 9.11. The third-order valence-corrected chi connectivity index (χ3v) is 2.40. The van der Waals surface area contributed by atoms with E-state index in [2.05, 4.69) is 25.7 Å². The molecule has 1 N–H and O–H groups in total. The summed E-state index contributed by atoms with van der Waals surface area (Å²) in [5.41, 5.74) is 1.80. The second-order valence-electron chi connectivity index (χ2n) is 3.45. The summed E-state index contributed by atoms with van der Waals surface area (Å²) in [7, 11) is 0. The van der Waals surface area contributed by atoms with E-state index in [4.69, 9.17) is 0 Å². The number of nitrogens with zero attached hydrogens (tertiary/aromatic N) is 6. The van der Waals surface area contributed by atoms with Crippen LogP contribution in [0.25, 0.3) is 0 Å². The fourth-order valence-corrected chi connectivity index (χ4v) is 1.55. The summed E-state index contributed by atoms with van der Waals surface area (Å²) >= 11 is 0. The molecule has 2 rings (SSSR count). The summed E-state index contributed by atoms with van der Waals surface area (Å²) in [6.07, 6.45) is 3.02. The minimum absolute atomic E-state index is 0.179. The standard InChI is InChI=1S/C9H10N6O2/c1-6-9(12-17)8(4-16)7(2-10-6)3-15-5-11-13-14-15/h2,5,16H,3-4H2,1H3. The summed E-state index contributed by atoms with van der Waals surface area (Å²) in [6.45, 7) is 1.72. The van der Waals surface area contributed by atoms with E-state index in [1.165, 1.54) is 11.0 Å². The molecule has 2 heterocycles. The Hall–Kier alpha value is -2.22. The first-order valence-electron chi connectivity index (χ1n) is 4.88. The third-order valence-electron chi connectivity index (χ3n) is 2.40. The molecule has 0 fully saturated rings. The lowest BCUT2D eigenvalue weighted by atomic mass is 10.1. The maximum absolute atomic E-state index is 10.7. The number of rotatable bonds is 4. The van der Waals surface area contributed by atoms with E-state index in [9.17, 15) is 10.0 Å². The molecule has 0 saturated heterocycles. The first-order valence-corrected chi connectivity index (χ1v) is 4.88. The van der Waals surface area contributed by atoms with Crippen LogP contribution < -0.4 is 0 Å². The molecule has 0 aliphatic heterocycles. The maximum Gasteiger partial charge on any atom is 0.138 e. The molecule has 8 heteroatoms. The molecule has 0 radical (unpaired) electrons. The fourth-order valence-electron chi connectivity index (χ4n) is 1.55. The molecule has 2 aromatic heterocycles. The van der Waals surface area contributed by atoms with Gasteiger partial charge < -0.3 is 5.11 Å². The van der Waals surface area contributed by atoms with Crippen LogP contribution in [0.1, 0.15) is 16.8 Å². The third kappa shape index (κ3) is 2.16. The van der Waals surface area contributed by atoms with Gasteiger partial charge in [0.2, 0.25) is 0 Å².